The second-order valence-electron chi connectivity index (χ2n) is 5.08. The van der Waals surface area contributed by atoms with Crippen LogP contribution in [0, 0.1) is 0 Å². The van der Waals surface area contributed by atoms with E-state index in [1.54, 1.807) is 6.07 Å². The first-order valence-corrected chi connectivity index (χ1v) is 6.86. The van der Waals surface area contributed by atoms with Crippen molar-refractivity contribution in [2.75, 3.05) is 5.32 Å². The van der Waals surface area contributed by atoms with Crippen molar-refractivity contribution in [3.63, 3.8) is 0 Å². The smallest absolute Gasteiger partial charge is 0.340 e. The number of carbonyl (C=O) groups is 1. The van der Waals surface area contributed by atoms with Gasteiger partial charge in [-0.15, -0.1) is 0 Å². The average Bonchev–Trinajstić information content (AvgIpc) is 2.84. The lowest BCUT2D eigenvalue weighted by Crippen LogP contribution is -2.10. The summed E-state index contributed by atoms with van der Waals surface area (Å²) >= 11 is 0. The van der Waals surface area contributed by atoms with Crippen LogP contribution in [-0.2, 0) is 4.74 Å². The third-order valence-electron chi connectivity index (χ3n) is 3.74. The molecule has 0 amide bonds. The average molecular weight is 275 g/mol. The zero-order valence-electron chi connectivity index (χ0n) is 11.2. The van der Waals surface area contributed by atoms with Gasteiger partial charge in [-0.3, -0.25) is 0 Å². The van der Waals surface area contributed by atoms with E-state index in [-0.39, 0.29) is 5.97 Å². The molecule has 0 aliphatic carbocycles. The summed E-state index contributed by atoms with van der Waals surface area (Å²) < 4.78 is 5.40. The van der Waals surface area contributed by atoms with Gasteiger partial charge < -0.3 is 10.1 Å². The molecule has 4 rings (SSSR count). The Morgan fingerprint density at radius 1 is 0.857 bits per heavy atom. The van der Waals surface area contributed by atoms with Crippen molar-refractivity contribution in [1.82, 2.24) is 0 Å². The van der Waals surface area contributed by atoms with Gasteiger partial charge in [0.25, 0.3) is 0 Å². The van der Waals surface area contributed by atoms with Crippen LogP contribution in [0.5, 0.6) is 0 Å². The third-order valence-corrected chi connectivity index (χ3v) is 3.74. The Labute approximate surface area is 122 Å². The van der Waals surface area contributed by atoms with Crippen molar-refractivity contribution < 1.29 is 9.53 Å². The van der Waals surface area contributed by atoms with Crippen LogP contribution < -0.4 is 5.32 Å². The Morgan fingerprint density at radius 3 is 2.52 bits per heavy atom. The number of rotatable bonds is 2. The lowest BCUT2D eigenvalue weighted by molar-refractivity contribution is 0.0437. The summed E-state index contributed by atoms with van der Waals surface area (Å²) in [5.74, 6) is -0.274. The van der Waals surface area contributed by atoms with Gasteiger partial charge >= 0.3 is 5.97 Å². The van der Waals surface area contributed by atoms with E-state index >= 15 is 0 Å². The van der Waals surface area contributed by atoms with Crippen molar-refractivity contribution in [2.45, 2.75) is 6.23 Å². The molecule has 1 aliphatic rings. The number of hydrogen-bond donors (Lipinski definition) is 1. The summed E-state index contributed by atoms with van der Waals surface area (Å²) in [4.78, 5) is 11.8. The molecule has 0 bridgehead atoms. The van der Waals surface area contributed by atoms with E-state index in [1.807, 2.05) is 36.4 Å². The summed E-state index contributed by atoms with van der Waals surface area (Å²) in [5.41, 5.74) is 2.45. The number of esters is 1. The van der Waals surface area contributed by atoms with Crippen molar-refractivity contribution in [3.05, 3.63) is 77.9 Å². The maximum atomic E-state index is 11.8. The van der Waals surface area contributed by atoms with E-state index in [2.05, 4.69) is 29.6 Å². The van der Waals surface area contributed by atoms with Gasteiger partial charge in [0.15, 0.2) is 0 Å². The monoisotopic (exact) mass is 275 g/mol. The van der Waals surface area contributed by atoms with Crippen molar-refractivity contribution in [1.29, 1.82) is 0 Å². The fraction of sp³-hybridized carbons (Fsp3) is 0.0556. The second kappa shape index (κ2) is 4.63. The first-order valence-electron chi connectivity index (χ1n) is 6.86. The molecule has 0 radical (unpaired) electrons. The molecule has 0 fully saturated rings. The van der Waals surface area contributed by atoms with Gasteiger partial charge in [0, 0.05) is 11.3 Å². The van der Waals surface area contributed by atoms with Crippen LogP contribution >= 0.6 is 0 Å². The first-order chi connectivity index (χ1) is 10.3. The highest BCUT2D eigenvalue weighted by molar-refractivity contribution is 5.94. The van der Waals surface area contributed by atoms with E-state index in [1.165, 1.54) is 5.39 Å². The van der Waals surface area contributed by atoms with E-state index in [4.69, 9.17) is 4.74 Å². The van der Waals surface area contributed by atoms with Gasteiger partial charge in [0.1, 0.15) is 0 Å². The number of ether oxygens (including phenoxy) is 1. The molecule has 3 nitrogen and oxygen atoms in total. The van der Waals surface area contributed by atoms with Crippen LogP contribution in [0.1, 0.15) is 22.1 Å². The molecular weight excluding hydrogens is 262 g/mol. The predicted octanol–water partition coefficient (Wildman–Crippen LogP) is 4.12. The molecule has 0 aromatic heterocycles. The van der Waals surface area contributed by atoms with Crippen LogP contribution in [-0.4, -0.2) is 5.97 Å². The molecule has 0 spiro atoms. The lowest BCUT2D eigenvalue weighted by Gasteiger charge is -2.14. The number of hydrogen-bond acceptors (Lipinski definition) is 3. The Hall–Kier alpha value is -2.81. The Balaban J connectivity index is 1.68. The largest absolute Gasteiger partial charge is 0.434 e. The van der Waals surface area contributed by atoms with E-state index in [9.17, 15) is 4.79 Å². The van der Waals surface area contributed by atoms with Crippen LogP contribution in [0.2, 0.25) is 0 Å². The highest BCUT2D eigenvalue weighted by Crippen LogP contribution is 2.32. The summed E-state index contributed by atoms with van der Waals surface area (Å²) in [6.45, 7) is 0. The molecule has 1 N–H and O–H groups in total. The summed E-state index contributed by atoms with van der Waals surface area (Å²) in [5, 5.41) is 5.62. The molecule has 3 aromatic rings. The predicted molar refractivity (Wildman–Crippen MR) is 82.2 cm³/mol. The number of anilines is 1. The van der Waals surface area contributed by atoms with Gasteiger partial charge in [-0.1, -0.05) is 48.5 Å². The maximum absolute atomic E-state index is 11.8. The Bertz CT molecular complexity index is 841. The fourth-order valence-corrected chi connectivity index (χ4v) is 2.68. The van der Waals surface area contributed by atoms with Crippen LogP contribution in [0.3, 0.4) is 0 Å². The number of carbonyl (C=O) groups excluding carboxylic acids is 1. The quantitative estimate of drug-likeness (QED) is 0.715. The molecule has 21 heavy (non-hydrogen) atoms. The molecule has 1 atom stereocenters. The topological polar surface area (TPSA) is 38.3 Å². The van der Waals surface area contributed by atoms with Crippen molar-refractivity contribution in [3.8, 4) is 0 Å². The highest BCUT2D eigenvalue weighted by atomic mass is 16.6. The minimum absolute atomic E-state index is 0.274. The molecule has 3 aromatic carbocycles. The third kappa shape index (κ3) is 2.03. The normalized spacial score (nSPS) is 16.6. The molecule has 1 unspecified atom stereocenters. The minimum Gasteiger partial charge on any atom is -0.434 e. The summed E-state index contributed by atoms with van der Waals surface area (Å²) in [7, 11) is 0. The minimum atomic E-state index is -0.421. The lowest BCUT2D eigenvalue weighted by atomic mass is 10.1. The highest BCUT2D eigenvalue weighted by Gasteiger charge is 2.30. The van der Waals surface area contributed by atoms with E-state index in [0.29, 0.717) is 5.56 Å². The molecule has 1 aliphatic heterocycles. The maximum Gasteiger partial charge on any atom is 0.340 e. The number of nitrogens with one attached hydrogen (secondary N) is 1. The SMILES string of the molecule is O=C1OC(Nc2ccc3ccccc3c2)c2ccccc21. The van der Waals surface area contributed by atoms with E-state index in [0.717, 1.165) is 16.6 Å². The van der Waals surface area contributed by atoms with E-state index < -0.39 is 6.23 Å². The van der Waals surface area contributed by atoms with Gasteiger partial charge in [0.05, 0.1) is 5.56 Å². The molecule has 3 heteroatoms. The Morgan fingerprint density at radius 2 is 1.62 bits per heavy atom. The van der Waals surface area contributed by atoms with Gasteiger partial charge in [-0.25, -0.2) is 4.79 Å². The van der Waals surface area contributed by atoms with Crippen molar-refractivity contribution >= 4 is 22.4 Å². The summed E-state index contributed by atoms with van der Waals surface area (Å²) in [6.07, 6.45) is -0.421. The molecular formula is C18H13NO2. The summed E-state index contributed by atoms with van der Waals surface area (Å²) in [6, 6.07) is 21.7. The Kier molecular flexibility index (Phi) is 2.64. The molecule has 0 saturated heterocycles. The van der Waals surface area contributed by atoms with Crippen LogP contribution in [0.15, 0.2) is 66.7 Å². The number of fused-ring (bicyclic) bond motifs is 2. The molecule has 1 heterocycles. The first kappa shape index (κ1) is 12.0. The number of cyclic esters (lactones) is 1. The van der Waals surface area contributed by atoms with Crippen molar-refractivity contribution in [2.24, 2.45) is 0 Å². The fourth-order valence-electron chi connectivity index (χ4n) is 2.68. The standard InChI is InChI=1S/C18H13NO2/c20-18-16-8-4-3-7-15(16)17(21-18)19-14-10-9-12-5-1-2-6-13(12)11-14/h1-11,17,19H. The zero-order valence-corrected chi connectivity index (χ0v) is 11.2. The van der Waals surface area contributed by atoms with Gasteiger partial charge in [-0.2, -0.15) is 0 Å². The van der Waals surface area contributed by atoms with Crippen LogP contribution in [0.4, 0.5) is 5.69 Å². The van der Waals surface area contributed by atoms with Gasteiger partial charge in [-0.05, 0) is 29.0 Å². The van der Waals surface area contributed by atoms with Gasteiger partial charge in [0.2, 0.25) is 6.23 Å². The number of benzene rings is 3. The second-order valence-corrected chi connectivity index (χ2v) is 5.08. The molecule has 102 valence electrons. The molecule has 0 saturated carbocycles. The zero-order chi connectivity index (χ0) is 14.2. The van der Waals surface area contributed by atoms with Crippen LogP contribution in [0.25, 0.3) is 10.8 Å².